The first kappa shape index (κ1) is 20.0. The molecule has 0 aromatic rings. The molecule has 4 nitrogen and oxygen atoms in total. The Morgan fingerprint density at radius 3 is 2.32 bits per heavy atom. The number of guanidine groups is 1. The van der Waals surface area contributed by atoms with Gasteiger partial charge in [-0.25, -0.2) is 0 Å². The van der Waals surface area contributed by atoms with Crippen LogP contribution >= 0.6 is 24.0 Å². The number of nitrogens with one attached hydrogen (secondary N) is 1. The minimum Gasteiger partial charge on any atom is -0.372 e. The van der Waals surface area contributed by atoms with Crippen LogP contribution in [-0.2, 0) is 4.74 Å². The van der Waals surface area contributed by atoms with Crippen molar-refractivity contribution in [3.63, 3.8) is 0 Å². The molecule has 1 N–H and O–H groups in total. The molecule has 1 aliphatic carbocycles. The largest absolute Gasteiger partial charge is 0.372 e. The predicted octanol–water partition coefficient (Wildman–Crippen LogP) is 3.65. The maximum absolute atomic E-state index is 6.10. The molecule has 1 heterocycles. The van der Waals surface area contributed by atoms with Gasteiger partial charge in [0.1, 0.15) is 0 Å². The first-order valence-corrected chi connectivity index (χ1v) is 8.52. The third-order valence-corrected chi connectivity index (χ3v) is 4.31. The van der Waals surface area contributed by atoms with Gasteiger partial charge in [0.25, 0.3) is 0 Å². The van der Waals surface area contributed by atoms with Gasteiger partial charge < -0.3 is 15.0 Å². The summed E-state index contributed by atoms with van der Waals surface area (Å²) in [5.41, 5.74) is 0.445. The van der Waals surface area contributed by atoms with Gasteiger partial charge >= 0.3 is 0 Å². The summed E-state index contributed by atoms with van der Waals surface area (Å²) >= 11 is 0. The molecule has 130 valence electrons. The van der Waals surface area contributed by atoms with Crippen LogP contribution in [0.25, 0.3) is 0 Å². The zero-order chi connectivity index (χ0) is 15.5. The smallest absolute Gasteiger partial charge is 0.193 e. The standard InChI is InChI=1S/C17H33N3O.HI/c1-6-18-15(19-13-17(5)9-10-17)20-11-7-14(8-12-20)21-16(2,3)4;/h14H,6-13H2,1-5H3,(H,18,19);1H. The van der Waals surface area contributed by atoms with Crippen molar-refractivity contribution in [2.45, 2.75) is 72.0 Å². The summed E-state index contributed by atoms with van der Waals surface area (Å²) < 4.78 is 6.10. The highest BCUT2D eigenvalue weighted by atomic mass is 127. The lowest BCUT2D eigenvalue weighted by Crippen LogP contribution is -2.48. The maximum Gasteiger partial charge on any atom is 0.193 e. The van der Waals surface area contributed by atoms with E-state index < -0.39 is 0 Å². The van der Waals surface area contributed by atoms with Crippen molar-refractivity contribution in [2.75, 3.05) is 26.2 Å². The number of piperidine rings is 1. The van der Waals surface area contributed by atoms with Gasteiger partial charge in [-0.2, -0.15) is 0 Å². The second-order valence-electron chi connectivity index (χ2n) is 7.90. The van der Waals surface area contributed by atoms with Crippen LogP contribution in [0.5, 0.6) is 0 Å². The molecule has 1 aliphatic heterocycles. The Morgan fingerprint density at radius 2 is 1.86 bits per heavy atom. The Kier molecular flexibility index (Phi) is 7.43. The second kappa shape index (κ2) is 8.18. The first-order valence-electron chi connectivity index (χ1n) is 8.52. The monoisotopic (exact) mass is 423 g/mol. The molecule has 0 aromatic carbocycles. The zero-order valence-electron chi connectivity index (χ0n) is 14.9. The van der Waals surface area contributed by atoms with Crippen LogP contribution in [0.1, 0.15) is 60.3 Å². The highest BCUT2D eigenvalue weighted by Crippen LogP contribution is 2.45. The van der Waals surface area contributed by atoms with Gasteiger partial charge in [0.2, 0.25) is 0 Å². The molecule has 2 aliphatic rings. The summed E-state index contributed by atoms with van der Waals surface area (Å²) in [5, 5.41) is 3.45. The van der Waals surface area contributed by atoms with Gasteiger partial charge in [-0.05, 0) is 58.8 Å². The van der Waals surface area contributed by atoms with Gasteiger partial charge in [-0.3, -0.25) is 4.99 Å². The van der Waals surface area contributed by atoms with Crippen molar-refractivity contribution in [3.8, 4) is 0 Å². The van der Waals surface area contributed by atoms with E-state index in [2.05, 4.69) is 44.8 Å². The fraction of sp³-hybridized carbons (Fsp3) is 0.941. The summed E-state index contributed by atoms with van der Waals surface area (Å²) in [6.07, 6.45) is 5.25. The van der Waals surface area contributed by atoms with Crippen LogP contribution in [0.2, 0.25) is 0 Å². The molecule has 5 heteroatoms. The molecule has 2 fully saturated rings. The lowest BCUT2D eigenvalue weighted by Gasteiger charge is -2.37. The molecule has 0 amide bonds. The molecule has 0 bridgehead atoms. The van der Waals surface area contributed by atoms with Crippen LogP contribution in [0.3, 0.4) is 0 Å². The van der Waals surface area contributed by atoms with Crippen LogP contribution in [0.4, 0.5) is 0 Å². The molecule has 1 saturated heterocycles. The van der Waals surface area contributed by atoms with Crippen molar-refractivity contribution < 1.29 is 4.74 Å². The molecular formula is C17H34IN3O. The first-order chi connectivity index (χ1) is 9.81. The van der Waals surface area contributed by atoms with Crippen molar-refractivity contribution in [1.82, 2.24) is 10.2 Å². The van der Waals surface area contributed by atoms with E-state index in [1.165, 1.54) is 12.8 Å². The number of likely N-dealkylation sites (tertiary alicyclic amines) is 1. The van der Waals surface area contributed by atoms with Gasteiger partial charge in [-0.1, -0.05) is 6.92 Å². The Balaban J connectivity index is 0.00000242. The summed E-state index contributed by atoms with van der Waals surface area (Å²) in [6, 6.07) is 0. The SMILES string of the molecule is CCNC(=NCC1(C)CC1)N1CCC(OC(C)(C)C)CC1.I. The summed E-state index contributed by atoms with van der Waals surface area (Å²) in [5.74, 6) is 1.10. The molecule has 0 spiro atoms. The average molecular weight is 423 g/mol. The second-order valence-corrected chi connectivity index (χ2v) is 7.90. The van der Waals surface area contributed by atoms with Crippen LogP contribution in [0.15, 0.2) is 4.99 Å². The molecule has 22 heavy (non-hydrogen) atoms. The van der Waals surface area contributed by atoms with Crippen molar-refractivity contribution in [1.29, 1.82) is 0 Å². The summed E-state index contributed by atoms with van der Waals surface area (Å²) in [6.45, 7) is 14.9. The van der Waals surface area contributed by atoms with Crippen molar-refractivity contribution in [2.24, 2.45) is 10.4 Å². The third kappa shape index (κ3) is 6.60. The van der Waals surface area contributed by atoms with E-state index >= 15 is 0 Å². The van der Waals surface area contributed by atoms with Crippen LogP contribution in [-0.4, -0.2) is 48.7 Å². The Labute approximate surface area is 153 Å². The molecular weight excluding hydrogens is 389 g/mol. The number of nitrogens with zero attached hydrogens (tertiary/aromatic N) is 2. The van der Waals surface area contributed by atoms with Crippen molar-refractivity contribution in [3.05, 3.63) is 0 Å². The molecule has 0 radical (unpaired) electrons. The summed E-state index contributed by atoms with van der Waals surface area (Å²) in [7, 11) is 0. The predicted molar refractivity (Wildman–Crippen MR) is 104 cm³/mol. The molecule has 1 saturated carbocycles. The van der Waals surface area contributed by atoms with Crippen LogP contribution < -0.4 is 5.32 Å². The quantitative estimate of drug-likeness (QED) is 0.426. The minimum absolute atomic E-state index is 0. The van der Waals surface area contributed by atoms with Gasteiger partial charge in [0.15, 0.2) is 5.96 Å². The number of rotatable bonds is 4. The highest BCUT2D eigenvalue weighted by molar-refractivity contribution is 14.0. The molecule has 0 atom stereocenters. The van der Waals surface area contributed by atoms with Gasteiger partial charge in [0, 0.05) is 26.2 Å². The molecule has 2 rings (SSSR count). The molecule has 0 unspecified atom stereocenters. The molecule has 0 aromatic heterocycles. The summed E-state index contributed by atoms with van der Waals surface area (Å²) in [4.78, 5) is 7.26. The minimum atomic E-state index is -0.0357. The lowest BCUT2D eigenvalue weighted by atomic mass is 10.1. The van der Waals surface area contributed by atoms with E-state index in [1.54, 1.807) is 0 Å². The zero-order valence-corrected chi connectivity index (χ0v) is 17.3. The number of hydrogen-bond donors (Lipinski definition) is 1. The van der Waals surface area contributed by atoms with Gasteiger partial charge in [-0.15, -0.1) is 24.0 Å². The number of hydrogen-bond acceptors (Lipinski definition) is 2. The normalized spacial score (nSPS) is 22.2. The Bertz CT molecular complexity index is 367. The third-order valence-electron chi connectivity index (χ3n) is 4.31. The number of halogens is 1. The van der Waals surface area contributed by atoms with E-state index in [1.807, 2.05) is 0 Å². The fourth-order valence-electron chi connectivity index (χ4n) is 2.75. The van der Waals surface area contributed by atoms with E-state index in [9.17, 15) is 0 Å². The van der Waals surface area contributed by atoms with Crippen molar-refractivity contribution >= 4 is 29.9 Å². The number of ether oxygens (including phenoxy) is 1. The van der Waals surface area contributed by atoms with E-state index in [4.69, 9.17) is 9.73 Å². The van der Waals surface area contributed by atoms with E-state index in [0.29, 0.717) is 11.5 Å². The van der Waals surface area contributed by atoms with Gasteiger partial charge in [0.05, 0.1) is 11.7 Å². The average Bonchev–Trinajstić information content (AvgIpc) is 3.12. The fourth-order valence-corrected chi connectivity index (χ4v) is 2.75. The topological polar surface area (TPSA) is 36.9 Å². The maximum atomic E-state index is 6.10. The van der Waals surface area contributed by atoms with E-state index in [-0.39, 0.29) is 29.6 Å². The highest BCUT2D eigenvalue weighted by Gasteiger charge is 2.37. The van der Waals surface area contributed by atoms with E-state index in [0.717, 1.165) is 45.0 Å². The Hall–Kier alpha value is -0.0400. The lowest BCUT2D eigenvalue weighted by molar-refractivity contribution is -0.0772. The Morgan fingerprint density at radius 1 is 1.27 bits per heavy atom. The number of aliphatic imine (C=N–C) groups is 1. The van der Waals surface area contributed by atoms with Crippen LogP contribution in [0, 0.1) is 5.41 Å².